The highest BCUT2D eigenvalue weighted by Gasteiger charge is 2.51. The molecule has 96 valence electrons. The molecule has 0 aromatic heterocycles. The number of amides is 1. The lowest BCUT2D eigenvalue weighted by Gasteiger charge is -2.56. The van der Waals surface area contributed by atoms with E-state index in [4.69, 9.17) is 4.74 Å². The Morgan fingerprint density at radius 1 is 1.18 bits per heavy atom. The molecular formula is C14H23NO2. The van der Waals surface area contributed by atoms with Gasteiger partial charge in [0, 0.05) is 12.1 Å². The zero-order valence-corrected chi connectivity index (χ0v) is 10.7. The molecule has 3 nitrogen and oxygen atoms in total. The van der Waals surface area contributed by atoms with E-state index in [0.717, 1.165) is 17.8 Å². The van der Waals surface area contributed by atoms with Crippen LogP contribution in [0.2, 0.25) is 0 Å². The van der Waals surface area contributed by atoms with Crippen LogP contribution < -0.4 is 5.32 Å². The molecule has 4 fully saturated rings. The summed E-state index contributed by atoms with van der Waals surface area (Å²) in [6.45, 7) is 2.78. The monoisotopic (exact) mass is 237 g/mol. The van der Waals surface area contributed by atoms with E-state index in [0.29, 0.717) is 6.61 Å². The third kappa shape index (κ3) is 2.22. The Kier molecular flexibility index (Phi) is 2.89. The van der Waals surface area contributed by atoms with Crippen molar-refractivity contribution in [3.8, 4) is 0 Å². The van der Waals surface area contributed by atoms with Gasteiger partial charge in [-0.3, -0.25) is 4.79 Å². The number of carbonyl (C=O) groups excluding carboxylic acids is 1. The van der Waals surface area contributed by atoms with Crippen molar-refractivity contribution in [3.63, 3.8) is 0 Å². The second-order valence-corrected chi connectivity index (χ2v) is 6.38. The third-order valence-corrected chi connectivity index (χ3v) is 4.88. The molecule has 1 amide bonds. The molecule has 0 aromatic carbocycles. The molecule has 0 radical (unpaired) electrons. The van der Waals surface area contributed by atoms with Crippen LogP contribution in [0.3, 0.4) is 0 Å². The highest BCUT2D eigenvalue weighted by atomic mass is 16.5. The van der Waals surface area contributed by atoms with Gasteiger partial charge >= 0.3 is 0 Å². The minimum atomic E-state index is 0.0915. The van der Waals surface area contributed by atoms with Gasteiger partial charge in [-0.1, -0.05) is 0 Å². The van der Waals surface area contributed by atoms with Crippen LogP contribution in [0.5, 0.6) is 0 Å². The molecule has 4 bridgehead atoms. The lowest BCUT2D eigenvalue weighted by atomic mass is 9.53. The molecule has 4 aliphatic carbocycles. The standard InChI is InChI=1S/C14H23NO2/c1-2-17-9-13(16)15-14-6-10-3-11(7-14)5-12(4-10)8-14/h10-12H,2-9H2,1H3,(H,15,16). The predicted molar refractivity (Wildman–Crippen MR) is 65.5 cm³/mol. The van der Waals surface area contributed by atoms with Gasteiger partial charge in [0.05, 0.1) is 0 Å². The number of ether oxygens (including phenoxy) is 1. The zero-order valence-electron chi connectivity index (χ0n) is 10.7. The van der Waals surface area contributed by atoms with Gasteiger partial charge in [0.25, 0.3) is 0 Å². The first-order valence-electron chi connectivity index (χ1n) is 7.08. The third-order valence-electron chi connectivity index (χ3n) is 4.88. The Balaban J connectivity index is 1.64. The van der Waals surface area contributed by atoms with Gasteiger partial charge in [-0.25, -0.2) is 0 Å². The summed E-state index contributed by atoms with van der Waals surface area (Å²) in [4.78, 5) is 11.9. The van der Waals surface area contributed by atoms with Crippen LogP contribution in [0.15, 0.2) is 0 Å². The van der Waals surface area contributed by atoms with Crippen molar-refractivity contribution < 1.29 is 9.53 Å². The first-order chi connectivity index (χ1) is 8.19. The second-order valence-electron chi connectivity index (χ2n) is 6.38. The summed E-state index contributed by atoms with van der Waals surface area (Å²) >= 11 is 0. The molecular weight excluding hydrogens is 214 g/mol. The first kappa shape index (κ1) is 11.5. The highest BCUT2D eigenvalue weighted by Crippen LogP contribution is 2.55. The van der Waals surface area contributed by atoms with Gasteiger partial charge in [-0.05, 0) is 63.2 Å². The fraction of sp³-hybridized carbons (Fsp3) is 0.929. The average Bonchev–Trinajstić information content (AvgIpc) is 2.23. The van der Waals surface area contributed by atoms with E-state index >= 15 is 0 Å². The van der Waals surface area contributed by atoms with Gasteiger partial charge in [0.2, 0.25) is 5.91 Å². The lowest BCUT2D eigenvalue weighted by molar-refractivity contribution is -0.131. The molecule has 0 atom stereocenters. The molecule has 0 aromatic rings. The maximum absolute atomic E-state index is 11.9. The number of hydrogen-bond acceptors (Lipinski definition) is 2. The molecule has 4 rings (SSSR count). The minimum absolute atomic E-state index is 0.0915. The van der Waals surface area contributed by atoms with Crippen molar-refractivity contribution in [3.05, 3.63) is 0 Å². The van der Waals surface area contributed by atoms with Gasteiger partial charge in [-0.15, -0.1) is 0 Å². The van der Waals surface area contributed by atoms with Gasteiger partial charge < -0.3 is 10.1 Å². The van der Waals surface area contributed by atoms with E-state index in [1.165, 1.54) is 38.5 Å². The van der Waals surface area contributed by atoms with Crippen molar-refractivity contribution in [2.24, 2.45) is 17.8 Å². The molecule has 0 spiro atoms. The Morgan fingerprint density at radius 2 is 1.71 bits per heavy atom. The molecule has 1 N–H and O–H groups in total. The molecule has 0 aliphatic heterocycles. The van der Waals surface area contributed by atoms with Crippen molar-refractivity contribution >= 4 is 5.91 Å². The maximum Gasteiger partial charge on any atom is 0.246 e. The molecule has 0 saturated heterocycles. The fourth-order valence-electron chi connectivity index (χ4n) is 4.79. The molecule has 0 heterocycles. The molecule has 0 unspecified atom stereocenters. The van der Waals surface area contributed by atoms with Crippen molar-refractivity contribution in [2.45, 2.75) is 51.0 Å². The van der Waals surface area contributed by atoms with E-state index in [2.05, 4.69) is 5.32 Å². The number of nitrogens with one attached hydrogen (secondary N) is 1. The van der Waals surface area contributed by atoms with Gasteiger partial charge in [-0.2, -0.15) is 0 Å². The summed E-state index contributed by atoms with van der Waals surface area (Å²) < 4.78 is 5.20. The van der Waals surface area contributed by atoms with Crippen LogP contribution in [-0.4, -0.2) is 24.7 Å². The van der Waals surface area contributed by atoms with Crippen molar-refractivity contribution in [2.75, 3.05) is 13.2 Å². The smallest absolute Gasteiger partial charge is 0.246 e. The lowest BCUT2D eigenvalue weighted by Crippen LogP contribution is -2.60. The van der Waals surface area contributed by atoms with Crippen molar-refractivity contribution in [1.82, 2.24) is 5.32 Å². The van der Waals surface area contributed by atoms with Crippen LogP contribution in [0, 0.1) is 17.8 Å². The zero-order chi connectivity index (χ0) is 11.9. The Morgan fingerprint density at radius 3 is 2.18 bits per heavy atom. The van der Waals surface area contributed by atoms with Gasteiger partial charge in [0.1, 0.15) is 6.61 Å². The van der Waals surface area contributed by atoms with E-state index < -0.39 is 0 Å². The number of carbonyl (C=O) groups is 1. The summed E-state index contributed by atoms with van der Waals surface area (Å²) in [5, 5.41) is 3.30. The topological polar surface area (TPSA) is 38.3 Å². The number of hydrogen-bond donors (Lipinski definition) is 1. The normalized spacial score (nSPS) is 42.8. The first-order valence-corrected chi connectivity index (χ1v) is 7.08. The summed E-state index contributed by atoms with van der Waals surface area (Å²) in [6, 6.07) is 0. The minimum Gasteiger partial charge on any atom is -0.372 e. The number of rotatable bonds is 4. The second kappa shape index (κ2) is 4.27. The summed E-state index contributed by atoms with van der Waals surface area (Å²) in [7, 11) is 0. The maximum atomic E-state index is 11.9. The van der Waals surface area contributed by atoms with Crippen LogP contribution >= 0.6 is 0 Å². The van der Waals surface area contributed by atoms with Crippen LogP contribution in [-0.2, 0) is 9.53 Å². The summed E-state index contributed by atoms with van der Waals surface area (Å²) in [6.07, 6.45) is 7.91. The fourth-order valence-corrected chi connectivity index (χ4v) is 4.79. The van der Waals surface area contributed by atoms with Gasteiger partial charge in [0.15, 0.2) is 0 Å². The van der Waals surface area contributed by atoms with E-state index in [1.54, 1.807) is 0 Å². The van der Waals surface area contributed by atoms with Crippen molar-refractivity contribution in [1.29, 1.82) is 0 Å². The highest BCUT2D eigenvalue weighted by molar-refractivity contribution is 5.78. The Hall–Kier alpha value is -0.570. The largest absolute Gasteiger partial charge is 0.372 e. The van der Waals surface area contributed by atoms with E-state index in [1.807, 2.05) is 6.92 Å². The Bertz CT molecular complexity index is 278. The Labute approximate surface area is 103 Å². The summed E-state index contributed by atoms with van der Waals surface area (Å²) in [5.74, 6) is 2.74. The van der Waals surface area contributed by atoms with Crippen LogP contribution in [0.25, 0.3) is 0 Å². The van der Waals surface area contributed by atoms with Crippen LogP contribution in [0.1, 0.15) is 45.4 Å². The summed E-state index contributed by atoms with van der Waals surface area (Å²) in [5.41, 5.74) is 0.142. The predicted octanol–water partition coefficient (Wildman–Crippen LogP) is 2.11. The molecule has 17 heavy (non-hydrogen) atoms. The van der Waals surface area contributed by atoms with E-state index in [9.17, 15) is 4.79 Å². The van der Waals surface area contributed by atoms with E-state index in [-0.39, 0.29) is 18.1 Å². The SMILES string of the molecule is CCOCC(=O)NC12CC3CC(CC(C3)C1)C2. The average molecular weight is 237 g/mol. The molecule has 4 saturated carbocycles. The quantitative estimate of drug-likeness (QED) is 0.813. The molecule has 4 aliphatic rings. The van der Waals surface area contributed by atoms with Crippen LogP contribution in [0.4, 0.5) is 0 Å². The molecule has 3 heteroatoms.